The van der Waals surface area contributed by atoms with Gasteiger partial charge in [0.05, 0.1) is 5.69 Å². The fourth-order valence-electron chi connectivity index (χ4n) is 1.86. The van der Waals surface area contributed by atoms with Crippen LogP contribution in [0.15, 0.2) is 0 Å². The van der Waals surface area contributed by atoms with Crippen molar-refractivity contribution in [2.45, 2.75) is 13.1 Å². The predicted molar refractivity (Wildman–Crippen MR) is 61.0 cm³/mol. The molecule has 0 N–H and O–H groups in total. The molecule has 1 amide bonds. The van der Waals surface area contributed by atoms with Crippen LogP contribution in [0.3, 0.4) is 0 Å². The van der Waals surface area contributed by atoms with Crippen LogP contribution < -0.4 is 10.0 Å². The molecule has 19 heavy (non-hydrogen) atoms. The average molecular weight is 294 g/mol. The Morgan fingerprint density at radius 1 is 1.32 bits per heavy atom. The molecular formula is C10H11F3N3O2S-. The molecule has 106 valence electrons. The molecule has 2 rings (SSSR count). The van der Waals surface area contributed by atoms with E-state index in [0.29, 0.717) is 24.4 Å². The topological polar surface area (TPSA) is 59.5 Å². The van der Waals surface area contributed by atoms with Crippen LogP contribution in [0.25, 0.3) is 0 Å². The Morgan fingerprint density at radius 3 is 2.32 bits per heavy atom. The van der Waals surface area contributed by atoms with Crippen molar-refractivity contribution in [1.29, 1.82) is 0 Å². The molecule has 0 unspecified atom stereocenters. The van der Waals surface area contributed by atoms with Crippen molar-refractivity contribution >= 4 is 22.6 Å². The van der Waals surface area contributed by atoms with E-state index < -0.39 is 17.1 Å². The van der Waals surface area contributed by atoms with Crippen molar-refractivity contribution in [3.8, 4) is 0 Å². The van der Waals surface area contributed by atoms with Crippen LogP contribution in [0, 0.1) is 6.92 Å². The van der Waals surface area contributed by atoms with Crippen LogP contribution in [-0.4, -0.2) is 42.2 Å². The maximum atomic E-state index is 12.7. The van der Waals surface area contributed by atoms with Crippen molar-refractivity contribution in [2.24, 2.45) is 0 Å². The molecule has 1 saturated heterocycles. The largest absolute Gasteiger partial charge is 0.530 e. The molecule has 1 aliphatic heterocycles. The number of thiazole rings is 1. The Kier molecular flexibility index (Phi) is 3.57. The van der Waals surface area contributed by atoms with Gasteiger partial charge in [0.2, 0.25) is 0 Å². The number of alkyl halides is 3. The highest BCUT2D eigenvalue weighted by atomic mass is 32.1. The molecule has 2 heterocycles. The second kappa shape index (κ2) is 4.87. The first-order valence-corrected chi connectivity index (χ1v) is 6.36. The average Bonchev–Trinajstić information content (AvgIpc) is 2.71. The SMILES string of the molecule is Cc1nc(N2CCN(C(=O)[O-])CC2)sc1C(F)(F)F. The van der Waals surface area contributed by atoms with Crippen molar-refractivity contribution in [3.63, 3.8) is 0 Å². The second-order valence-electron chi connectivity index (χ2n) is 4.15. The maximum Gasteiger partial charge on any atom is 0.427 e. The molecule has 9 heteroatoms. The van der Waals surface area contributed by atoms with Crippen molar-refractivity contribution in [2.75, 3.05) is 31.1 Å². The third-order valence-electron chi connectivity index (χ3n) is 2.85. The zero-order valence-electron chi connectivity index (χ0n) is 10.0. The van der Waals surface area contributed by atoms with Gasteiger partial charge in [-0.05, 0) is 6.92 Å². The number of aromatic nitrogens is 1. The molecule has 1 aliphatic rings. The molecule has 0 bridgehead atoms. The number of hydrogen-bond acceptors (Lipinski definition) is 5. The first-order valence-electron chi connectivity index (χ1n) is 5.54. The zero-order valence-corrected chi connectivity index (χ0v) is 10.8. The lowest BCUT2D eigenvalue weighted by atomic mass is 10.3. The summed E-state index contributed by atoms with van der Waals surface area (Å²) in [7, 11) is 0. The summed E-state index contributed by atoms with van der Waals surface area (Å²) in [4.78, 5) is 16.6. The molecular weight excluding hydrogens is 283 g/mol. The normalized spacial score (nSPS) is 16.8. The van der Waals surface area contributed by atoms with Gasteiger partial charge in [0, 0.05) is 26.2 Å². The zero-order chi connectivity index (χ0) is 14.2. The second-order valence-corrected chi connectivity index (χ2v) is 5.13. The molecule has 0 aliphatic carbocycles. The number of nitrogens with zero attached hydrogens (tertiary/aromatic N) is 3. The van der Waals surface area contributed by atoms with Crippen LogP contribution in [0.4, 0.5) is 23.1 Å². The smallest absolute Gasteiger partial charge is 0.427 e. The number of piperazine rings is 1. The predicted octanol–water partition coefficient (Wildman–Crippen LogP) is 0.936. The highest BCUT2D eigenvalue weighted by molar-refractivity contribution is 7.15. The van der Waals surface area contributed by atoms with Crippen LogP contribution in [0.1, 0.15) is 10.6 Å². The van der Waals surface area contributed by atoms with E-state index in [2.05, 4.69) is 4.98 Å². The van der Waals surface area contributed by atoms with E-state index in [0.717, 1.165) is 4.90 Å². The highest BCUT2D eigenvalue weighted by Crippen LogP contribution is 2.39. The molecule has 0 saturated carbocycles. The maximum absolute atomic E-state index is 12.7. The van der Waals surface area contributed by atoms with Crippen molar-refractivity contribution < 1.29 is 23.1 Å². The first-order chi connectivity index (χ1) is 8.79. The summed E-state index contributed by atoms with van der Waals surface area (Å²) in [5.41, 5.74) is -0.0465. The van der Waals surface area contributed by atoms with Gasteiger partial charge in [0.15, 0.2) is 5.13 Å². The van der Waals surface area contributed by atoms with Crippen molar-refractivity contribution in [1.82, 2.24) is 9.88 Å². The van der Waals surface area contributed by atoms with Gasteiger partial charge in [0.25, 0.3) is 0 Å². The Hall–Kier alpha value is -1.51. The standard InChI is InChI=1S/C10H12F3N3O2S/c1-6-7(10(11,12)13)19-8(14-6)15-2-4-16(5-3-15)9(17)18/h2-5H2,1H3,(H,17,18)/p-1. The third kappa shape index (κ3) is 2.91. The Morgan fingerprint density at radius 2 is 1.89 bits per heavy atom. The lowest BCUT2D eigenvalue weighted by Crippen LogP contribution is -2.52. The fourth-order valence-corrected chi connectivity index (χ4v) is 2.85. The summed E-state index contributed by atoms with van der Waals surface area (Å²) < 4.78 is 38.0. The number of halogens is 3. The molecule has 5 nitrogen and oxygen atoms in total. The van der Waals surface area contributed by atoms with E-state index in [1.807, 2.05) is 0 Å². The van der Waals surface area contributed by atoms with Crippen LogP contribution in [-0.2, 0) is 6.18 Å². The number of amides is 1. The summed E-state index contributed by atoms with van der Waals surface area (Å²) in [5, 5.41) is 10.9. The lowest BCUT2D eigenvalue weighted by molar-refractivity contribution is -0.265. The van der Waals surface area contributed by atoms with Gasteiger partial charge in [-0.2, -0.15) is 13.2 Å². The molecule has 0 aromatic carbocycles. The quantitative estimate of drug-likeness (QED) is 0.773. The Bertz CT molecular complexity index is 481. The minimum Gasteiger partial charge on any atom is -0.530 e. The summed E-state index contributed by atoms with van der Waals surface area (Å²) in [6.45, 7) is 2.38. The Balaban J connectivity index is 2.10. The van der Waals surface area contributed by atoms with Gasteiger partial charge in [-0.1, -0.05) is 11.3 Å². The minimum atomic E-state index is -4.40. The number of carbonyl (C=O) groups excluding carboxylic acids is 1. The number of anilines is 1. The highest BCUT2D eigenvalue weighted by Gasteiger charge is 2.36. The Labute approximate surface area is 111 Å². The van der Waals surface area contributed by atoms with Crippen molar-refractivity contribution in [3.05, 3.63) is 10.6 Å². The third-order valence-corrected chi connectivity index (χ3v) is 4.11. The van der Waals surface area contributed by atoms with E-state index in [-0.39, 0.29) is 23.9 Å². The summed E-state index contributed by atoms with van der Waals surface area (Å²) in [5.74, 6) is 0. The summed E-state index contributed by atoms with van der Waals surface area (Å²) >= 11 is 0.591. The molecule has 0 atom stereocenters. The van der Waals surface area contributed by atoms with Gasteiger partial charge in [-0.3, -0.25) is 0 Å². The minimum absolute atomic E-state index is 0.0465. The van der Waals surface area contributed by atoms with Gasteiger partial charge in [0.1, 0.15) is 11.0 Å². The van der Waals surface area contributed by atoms with Gasteiger partial charge >= 0.3 is 6.18 Å². The summed E-state index contributed by atoms with van der Waals surface area (Å²) in [6.07, 6.45) is -5.65. The number of carboxylic acid groups (broad SMARTS) is 1. The van der Waals surface area contributed by atoms with Gasteiger partial charge < -0.3 is 19.7 Å². The molecule has 0 radical (unpaired) electrons. The number of carbonyl (C=O) groups is 1. The lowest BCUT2D eigenvalue weighted by Gasteiger charge is -2.35. The fraction of sp³-hybridized carbons (Fsp3) is 0.600. The molecule has 0 spiro atoms. The summed E-state index contributed by atoms with van der Waals surface area (Å²) in [6, 6.07) is 0. The van der Waals surface area contributed by atoms with E-state index in [9.17, 15) is 23.1 Å². The molecule has 1 fully saturated rings. The van der Waals surface area contributed by atoms with Gasteiger partial charge in [-0.25, -0.2) is 4.98 Å². The number of hydrogen-bond donors (Lipinski definition) is 0. The van der Waals surface area contributed by atoms with Crippen LogP contribution >= 0.6 is 11.3 Å². The van der Waals surface area contributed by atoms with Crippen LogP contribution in [0.5, 0.6) is 0 Å². The monoisotopic (exact) mass is 294 g/mol. The number of aryl methyl sites for hydroxylation is 1. The van der Waals surface area contributed by atoms with E-state index in [1.54, 1.807) is 4.90 Å². The van der Waals surface area contributed by atoms with Gasteiger partial charge in [-0.15, -0.1) is 0 Å². The van der Waals surface area contributed by atoms with E-state index >= 15 is 0 Å². The molecule has 1 aromatic heterocycles. The molecule has 1 aromatic rings. The van der Waals surface area contributed by atoms with E-state index in [4.69, 9.17) is 0 Å². The van der Waals surface area contributed by atoms with Crippen LogP contribution in [0.2, 0.25) is 0 Å². The number of rotatable bonds is 1. The van der Waals surface area contributed by atoms with E-state index in [1.165, 1.54) is 6.92 Å². The first kappa shape index (κ1) is 13.9.